The second-order valence-corrected chi connectivity index (χ2v) is 4.62. The fraction of sp³-hybridized carbons (Fsp3) is 0.833. The van der Waals surface area contributed by atoms with Crippen molar-refractivity contribution >= 4 is 0 Å². The molecule has 1 nitrogen and oxygen atoms in total. The molecule has 1 saturated carbocycles. The summed E-state index contributed by atoms with van der Waals surface area (Å²) >= 11 is 0. The fourth-order valence-electron chi connectivity index (χ4n) is 2.49. The predicted octanol–water partition coefficient (Wildman–Crippen LogP) is 3.00. The second kappa shape index (κ2) is 4.28. The van der Waals surface area contributed by atoms with Crippen molar-refractivity contribution in [2.45, 2.75) is 46.1 Å². The molecule has 1 rings (SSSR count). The molecule has 0 heterocycles. The van der Waals surface area contributed by atoms with Crippen LogP contribution in [0.5, 0.6) is 0 Å². The van der Waals surface area contributed by atoms with Crippen molar-refractivity contribution in [1.29, 1.82) is 0 Å². The Labute approximate surface area is 81.9 Å². The Morgan fingerprint density at radius 3 is 2.54 bits per heavy atom. The first-order valence-electron chi connectivity index (χ1n) is 5.44. The molecule has 0 aromatic rings. The molecule has 3 unspecified atom stereocenters. The highest BCUT2D eigenvalue weighted by Gasteiger charge is 2.36. The number of rotatable bonds is 3. The van der Waals surface area contributed by atoms with E-state index in [4.69, 9.17) is 0 Å². The topological polar surface area (TPSA) is 20.2 Å². The van der Waals surface area contributed by atoms with E-state index in [-0.39, 0.29) is 6.10 Å². The second-order valence-electron chi connectivity index (χ2n) is 4.62. The number of aliphatic hydroxyl groups excluding tert-OH is 1. The molecule has 13 heavy (non-hydrogen) atoms. The van der Waals surface area contributed by atoms with Crippen LogP contribution >= 0.6 is 0 Å². The van der Waals surface area contributed by atoms with Crippen molar-refractivity contribution in [3.8, 4) is 0 Å². The van der Waals surface area contributed by atoms with E-state index in [0.717, 1.165) is 19.3 Å². The zero-order chi connectivity index (χ0) is 10.0. The molecular weight excluding hydrogens is 160 g/mol. The fourth-order valence-corrected chi connectivity index (χ4v) is 2.49. The average Bonchev–Trinajstić information content (AvgIpc) is 2.32. The van der Waals surface area contributed by atoms with Gasteiger partial charge in [-0.1, -0.05) is 39.3 Å². The van der Waals surface area contributed by atoms with Crippen LogP contribution < -0.4 is 0 Å². The van der Waals surface area contributed by atoms with Gasteiger partial charge in [0.05, 0.1) is 6.10 Å². The molecule has 0 aromatic heterocycles. The third-order valence-corrected chi connectivity index (χ3v) is 3.32. The van der Waals surface area contributed by atoms with Crippen LogP contribution in [-0.2, 0) is 0 Å². The van der Waals surface area contributed by atoms with Gasteiger partial charge in [0.2, 0.25) is 0 Å². The normalized spacial score (nSPS) is 34.5. The van der Waals surface area contributed by atoms with E-state index >= 15 is 0 Å². The summed E-state index contributed by atoms with van der Waals surface area (Å²) in [4.78, 5) is 0. The molecule has 1 N–H and O–H groups in total. The molecule has 76 valence electrons. The van der Waals surface area contributed by atoms with Crippen molar-refractivity contribution in [1.82, 2.24) is 0 Å². The summed E-state index contributed by atoms with van der Waals surface area (Å²) in [7, 11) is 0. The van der Waals surface area contributed by atoms with Crippen molar-refractivity contribution in [3.63, 3.8) is 0 Å². The molecule has 3 atom stereocenters. The van der Waals surface area contributed by atoms with Gasteiger partial charge in [0.1, 0.15) is 0 Å². The highest BCUT2D eigenvalue weighted by molar-refractivity contribution is 5.15. The quantitative estimate of drug-likeness (QED) is 0.665. The molecular formula is C12H22O. The van der Waals surface area contributed by atoms with Crippen molar-refractivity contribution in [2.75, 3.05) is 0 Å². The summed E-state index contributed by atoms with van der Waals surface area (Å²) in [6.45, 7) is 10.8. The van der Waals surface area contributed by atoms with Crippen molar-refractivity contribution < 1.29 is 5.11 Å². The Bertz CT molecular complexity index is 184. The highest BCUT2D eigenvalue weighted by atomic mass is 16.3. The van der Waals surface area contributed by atoms with E-state index in [0.29, 0.717) is 17.8 Å². The van der Waals surface area contributed by atoms with Crippen LogP contribution in [-0.4, -0.2) is 11.2 Å². The summed E-state index contributed by atoms with van der Waals surface area (Å²) in [6.07, 6.45) is 3.05. The molecule has 1 aliphatic rings. The van der Waals surface area contributed by atoms with Crippen LogP contribution in [0.15, 0.2) is 12.2 Å². The summed E-state index contributed by atoms with van der Waals surface area (Å²) in [5, 5.41) is 9.85. The van der Waals surface area contributed by atoms with Gasteiger partial charge in [0, 0.05) is 5.92 Å². The third-order valence-electron chi connectivity index (χ3n) is 3.32. The predicted molar refractivity (Wildman–Crippen MR) is 56.5 cm³/mol. The van der Waals surface area contributed by atoms with Gasteiger partial charge < -0.3 is 5.11 Å². The minimum Gasteiger partial charge on any atom is -0.392 e. The van der Waals surface area contributed by atoms with Crippen LogP contribution in [0.25, 0.3) is 0 Å². The van der Waals surface area contributed by atoms with Gasteiger partial charge in [-0.15, -0.1) is 0 Å². The van der Waals surface area contributed by atoms with Crippen molar-refractivity contribution in [2.24, 2.45) is 17.8 Å². The van der Waals surface area contributed by atoms with Gasteiger partial charge in [0.15, 0.2) is 0 Å². The van der Waals surface area contributed by atoms with Gasteiger partial charge in [-0.25, -0.2) is 0 Å². The maximum Gasteiger partial charge on any atom is 0.0611 e. The summed E-state index contributed by atoms with van der Waals surface area (Å²) in [5.74, 6) is 1.55. The minimum absolute atomic E-state index is 0.125. The van der Waals surface area contributed by atoms with Gasteiger partial charge in [-0.2, -0.15) is 0 Å². The van der Waals surface area contributed by atoms with E-state index in [1.54, 1.807) is 0 Å². The SMILES string of the molecule is C=C1C(C(C)C)CC(O)C1CCC. The molecule has 0 aromatic carbocycles. The average molecular weight is 182 g/mol. The smallest absolute Gasteiger partial charge is 0.0611 e. The molecule has 0 spiro atoms. The molecule has 0 amide bonds. The van der Waals surface area contributed by atoms with E-state index in [2.05, 4.69) is 27.4 Å². The first-order valence-corrected chi connectivity index (χ1v) is 5.44. The first kappa shape index (κ1) is 10.8. The Hall–Kier alpha value is -0.300. The molecule has 1 fully saturated rings. The Kier molecular flexibility index (Phi) is 3.55. The lowest BCUT2D eigenvalue weighted by Crippen LogP contribution is -2.13. The van der Waals surface area contributed by atoms with Crippen LogP contribution in [0.1, 0.15) is 40.0 Å². The number of hydrogen-bond acceptors (Lipinski definition) is 1. The third kappa shape index (κ3) is 2.14. The lowest BCUT2D eigenvalue weighted by atomic mass is 9.88. The Balaban J connectivity index is 2.64. The lowest BCUT2D eigenvalue weighted by molar-refractivity contribution is 0.130. The Morgan fingerprint density at radius 2 is 2.15 bits per heavy atom. The zero-order valence-corrected chi connectivity index (χ0v) is 9.09. The lowest BCUT2D eigenvalue weighted by Gasteiger charge is -2.17. The van der Waals surface area contributed by atoms with Crippen LogP contribution in [0.4, 0.5) is 0 Å². The molecule has 0 bridgehead atoms. The number of hydrogen-bond donors (Lipinski definition) is 1. The number of aliphatic hydroxyl groups is 1. The highest BCUT2D eigenvalue weighted by Crippen LogP contribution is 2.41. The van der Waals surface area contributed by atoms with E-state index in [1.807, 2.05) is 0 Å². The first-order chi connectivity index (χ1) is 6.07. The standard InChI is InChI=1S/C12H22O/c1-5-6-10-9(4)11(8(2)3)7-12(10)13/h8,10-13H,4-7H2,1-3H3. The largest absolute Gasteiger partial charge is 0.392 e. The monoisotopic (exact) mass is 182 g/mol. The molecule has 1 aliphatic carbocycles. The van der Waals surface area contributed by atoms with Crippen LogP contribution in [0.3, 0.4) is 0 Å². The summed E-state index contributed by atoms with van der Waals surface area (Å²) < 4.78 is 0. The van der Waals surface area contributed by atoms with Gasteiger partial charge in [-0.3, -0.25) is 0 Å². The van der Waals surface area contributed by atoms with E-state index in [9.17, 15) is 5.11 Å². The molecule has 0 aliphatic heterocycles. The van der Waals surface area contributed by atoms with E-state index in [1.165, 1.54) is 5.57 Å². The molecule has 0 radical (unpaired) electrons. The van der Waals surface area contributed by atoms with Gasteiger partial charge in [0.25, 0.3) is 0 Å². The maximum atomic E-state index is 9.85. The van der Waals surface area contributed by atoms with Crippen LogP contribution in [0.2, 0.25) is 0 Å². The minimum atomic E-state index is -0.125. The van der Waals surface area contributed by atoms with Crippen molar-refractivity contribution in [3.05, 3.63) is 12.2 Å². The van der Waals surface area contributed by atoms with Gasteiger partial charge in [-0.05, 0) is 24.7 Å². The molecule has 0 saturated heterocycles. The van der Waals surface area contributed by atoms with Crippen LogP contribution in [0, 0.1) is 17.8 Å². The summed E-state index contributed by atoms with van der Waals surface area (Å²) in [5.41, 5.74) is 1.30. The van der Waals surface area contributed by atoms with Gasteiger partial charge >= 0.3 is 0 Å². The zero-order valence-electron chi connectivity index (χ0n) is 9.09. The van der Waals surface area contributed by atoms with E-state index < -0.39 is 0 Å². The maximum absolute atomic E-state index is 9.85. The Morgan fingerprint density at radius 1 is 1.54 bits per heavy atom. The molecule has 1 heteroatoms. The summed E-state index contributed by atoms with van der Waals surface area (Å²) in [6, 6.07) is 0.